The number of carbonyl (C=O) groups excluding carboxylic acids is 1. The summed E-state index contributed by atoms with van der Waals surface area (Å²) in [6.45, 7) is 3.06. The van der Waals surface area contributed by atoms with Crippen LogP contribution in [0.4, 0.5) is 0 Å². The molecule has 29 heavy (non-hydrogen) atoms. The highest BCUT2D eigenvalue weighted by Crippen LogP contribution is 2.41. The molecule has 0 spiro atoms. The molecule has 0 saturated heterocycles. The molecule has 7 nitrogen and oxygen atoms in total. The van der Waals surface area contributed by atoms with Crippen LogP contribution in [-0.4, -0.2) is 43.8 Å². The van der Waals surface area contributed by atoms with Crippen LogP contribution in [0.25, 0.3) is 11.3 Å². The first-order chi connectivity index (χ1) is 14.1. The molecule has 3 aromatic rings. The van der Waals surface area contributed by atoms with E-state index in [4.69, 9.17) is 18.7 Å². The molecule has 0 atom stereocenters. The standard InChI is InChI=1S/C21H24N2O5S/c1-5-8-23(21(24)19-7-6-9-29-19)13-15-12-16(28-22-15)14-10-17(25-2)20(27-4)18(11-14)26-3/h6-7,9-12H,5,8,13H2,1-4H3. The third-order valence-corrected chi connectivity index (χ3v) is 5.23. The zero-order valence-electron chi connectivity index (χ0n) is 16.9. The van der Waals surface area contributed by atoms with E-state index in [1.807, 2.05) is 30.5 Å². The second kappa shape index (κ2) is 9.47. The topological polar surface area (TPSA) is 74.0 Å². The maximum Gasteiger partial charge on any atom is 0.264 e. The Labute approximate surface area is 173 Å². The van der Waals surface area contributed by atoms with E-state index in [9.17, 15) is 4.79 Å². The summed E-state index contributed by atoms with van der Waals surface area (Å²) in [5.74, 6) is 2.12. The normalized spacial score (nSPS) is 10.6. The Morgan fingerprint density at radius 1 is 1.14 bits per heavy atom. The van der Waals surface area contributed by atoms with E-state index in [2.05, 4.69) is 5.16 Å². The van der Waals surface area contributed by atoms with Crippen molar-refractivity contribution in [2.45, 2.75) is 19.9 Å². The van der Waals surface area contributed by atoms with E-state index in [0.717, 1.165) is 12.0 Å². The van der Waals surface area contributed by atoms with E-state index < -0.39 is 0 Å². The lowest BCUT2D eigenvalue weighted by molar-refractivity contribution is 0.0744. The van der Waals surface area contributed by atoms with E-state index in [0.29, 0.717) is 46.7 Å². The van der Waals surface area contributed by atoms with Gasteiger partial charge in [0.15, 0.2) is 17.3 Å². The number of amides is 1. The minimum Gasteiger partial charge on any atom is -0.493 e. The number of ether oxygens (including phenoxy) is 3. The van der Waals surface area contributed by atoms with Crippen LogP contribution in [0.5, 0.6) is 17.2 Å². The number of benzene rings is 1. The molecule has 8 heteroatoms. The minimum absolute atomic E-state index is 0.000754. The van der Waals surface area contributed by atoms with Crippen LogP contribution in [0.3, 0.4) is 0 Å². The molecule has 0 aliphatic rings. The molecule has 0 fully saturated rings. The fourth-order valence-electron chi connectivity index (χ4n) is 3.02. The second-order valence-electron chi connectivity index (χ2n) is 6.30. The molecule has 0 saturated carbocycles. The van der Waals surface area contributed by atoms with Gasteiger partial charge in [-0.1, -0.05) is 18.1 Å². The summed E-state index contributed by atoms with van der Waals surface area (Å²) in [4.78, 5) is 15.2. The highest BCUT2D eigenvalue weighted by atomic mass is 32.1. The molecule has 0 bridgehead atoms. The third-order valence-electron chi connectivity index (χ3n) is 4.37. The summed E-state index contributed by atoms with van der Waals surface area (Å²) < 4.78 is 21.7. The fourth-order valence-corrected chi connectivity index (χ4v) is 3.71. The van der Waals surface area contributed by atoms with Gasteiger partial charge in [0.05, 0.1) is 32.8 Å². The number of hydrogen-bond donors (Lipinski definition) is 0. The molecule has 0 radical (unpaired) electrons. The highest BCUT2D eigenvalue weighted by molar-refractivity contribution is 7.12. The van der Waals surface area contributed by atoms with Gasteiger partial charge in [0.2, 0.25) is 5.75 Å². The first-order valence-corrected chi connectivity index (χ1v) is 10.1. The van der Waals surface area contributed by atoms with Crippen LogP contribution in [0.2, 0.25) is 0 Å². The summed E-state index contributed by atoms with van der Waals surface area (Å²) in [6, 6.07) is 9.13. The van der Waals surface area contributed by atoms with E-state index in [-0.39, 0.29) is 5.91 Å². The zero-order chi connectivity index (χ0) is 20.8. The van der Waals surface area contributed by atoms with Crippen molar-refractivity contribution in [3.05, 3.63) is 46.3 Å². The number of hydrogen-bond acceptors (Lipinski definition) is 7. The van der Waals surface area contributed by atoms with Crippen LogP contribution in [0.15, 0.2) is 40.2 Å². The molecule has 0 aliphatic carbocycles. The summed E-state index contributed by atoms with van der Waals surface area (Å²) in [5.41, 5.74) is 1.41. The van der Waals surface area contributed by atoms with E-state index >= 15 is 0 Å². The van der Waals surface area contributed by atoms with Gasteiger partial charge in [0.1, 0.15) is 5.69 Å². The number of nitrogens with zero attached hydrogens (tertiary/aromatic N) is 2. The highest BCUT2D eigenvalue weighted by Gasteiger charge is 2.20. The molecule has 2 aromatic heterocycles. The van der Waals surface area contributed by atoms with Gasteiger partial charge in [0.25, 0.3) is 5.91 Å². The van der Waals surface area contributed by atoms with E-state index in [1.54, 1.807) is 38.4 Å². The van der Waals surface area contributed by atoms with Gasteiger partial charge in [-0.05, 0) is 30.0 Å². The van der Waals surface area contributed by atoms with Crippen molar-refractivity contribution < 1.29 is 23.5 Å². The number of rotatable bonds is 9. The molecule has 0 unspecified atom stereocenters. The van der Waals surface area contributed by atoms with Gasteiger partial charge >= 0.3 is 0 Å². The quantitative estimate of drug-likeness (QED) is 0.512. The summed E-state index contributed by atoms with van der Waals surface area (Å²) >= 11 is 1.43. The van der Waals surface area contributed by atoms with Crippen molar-refractivity contribution in [1.82, 2.24) is 10.1 Å². The van der Waals surface area contributed by atoms with Gasteiger partial charge in [-0.15, -0.1) is 11.3 Å². The Bertz CT molecular complexity index is 927. The first-order valence-electron chi connectivity index (χ1n) is 9.20. The van der Waals surface area contributed by atoms with Crippen molar-refractivity contribution in [1.29, 1.82) is 0 Å². The SMILES string of the molecule is CCCN(Cc1cc(-c2cc(OC)c(OC)c(OC)c2)on1)C(=O)c1cccs1. The Kier molecular flexibility index (Phi) is 6.77. The molecular weight excluding hydrogens is 392 g/mol. The van der Waals surface area contributed by atoms with Crippen molar-refractivity contribution >= 4 is 17.2 Å². The molecule has 0 aliphatic heterocycles. The summed E-state index contributed by atoms with van der Waals surface area (Å²) in [7, 11) is 4.68. The zero-order valence-corrected chi connectivity index (χ0v) is 17.7. The molecule has 1 amide bonds. The third kappa shape index (κ3) is 4.54. The second-order valence-corrected chi connectivity index (χ2v) is 7.25. The smallest absolute Gasteiger partial charge is 0.264 e. The molecule has 2 heterocycles. The number of methoxy groups -OCH3 is 3. The van der Waals surface area contributed by atoms with Crippen LogP contribution in [0.1, 0.15) is 28.7 Å². The summed E-state index contributed by atoms with van der Waals surface area (Å²) in [5, 5.41) is 6.05. The minimum atomic E-state index is -0.000754. The summed E-state index contributed by atoms with van der Waals surface area (Å²) in [6.07, 6.45) is 0.856. The average molecular weight is 416 g/mol. The lowest BCUT2D eigenvalue weighted by atomic mass is 10.1. The van der Waals surface area contributed by atoms with Crippen LogP contribution >= 0.6 is 11.3 Å². The predicted octanol–water partition coefficient (Wildman–Crippen LogP) is 4.48. The van der Waals surface area contributed by atoms with Crippen LogP contribution < -0.4 is 14.2 Å². The first kappa shape index (κ1) is 20.7. The van der Waals surface area contributed by atoms with Crippen LogP contribution in [0, 0.1) is 0 Å². The largest absolute Gasteiger partial charge is 0.493 e. The van der Waals surface area contributed by atoms with Gasteiger partial charge < -0.3 is 23.6 Å². The van der Waals surface area contributed by atoms with Crippen molar-refractivity contribution in [2.24, 2.45) is 0 Å². The van der Waals surface area contributed by atoms with Gasteiger partial charge in [-0.3, -0.25) is 4.79 Å². The lowest BCUT2D eigenvalue weighted by Crippen LogP contribution is -2.30. The van der Waals surface area contributed by atoms with E-state index in [1.165, 1.54) is 11.3 Å². The van der Waals surface area contributed by atoms with Crippen molar-refractivity contribution in [3.8, 4) is 28.6 Å². The fraction of sp³-hybridized carbons (Fsp3) is 0.333. The molecule has 3 rings (SSSR count). The predicted molar refractivity (Wildman–Crippen MR) is 111 cm³/mol. The lowest BCUT2D eigenvalue weighted by Gasteiger charge is -2.20. The van der Waals surface area contributed by atoms with Crippen molar-refractivity contribution in [2.75, 3.05) is 27.9 Å². The molecule has 0 N–H and O–H groups in total. The van der Waals surface area contributed by atoms with Gasteiger partial charge in [-0.25, -0.2) is 0 Å². The Hall–Kier alpha value is -3.00. The number of carbonyl (C=O) groups is 1. The Morgan fingerprint density at radius 2 is 1.86 bits per heavy atom. The maximum absolute atomic E-state index is 12.7. The van der Waals surface area contributed by atoms with Gasteiger partial charge in [0, 0.05) is 18.2 Å². The Morgan fingerprint density at radius 3 is 2.41 bits per heavy atom. The number of thiophene rings is 1. The average Bonchev–Trinajstić information content (AvgIpc) is 3.44. The monoisotopic (exact) mass is 416 g/mol. The molecule has 1 aromatic carbocycles. The van der Waals surface area contributed by atoms with Crippen LogP contribution in [-0.2, 0) is 6.54 Å². The van der Waals surface area contributed by atoms with Crippen molar-refractivity contribution in [3.63, 3.8) is 0 Å². The van der Waals surface area contributed by atoms with Gasteiger partial charge in [-0.2, -0.15) is 0 Å². The Balaban J connectivity index is 1.85. The molecular formula is C21H24N2O5S. The maximum atomic E-state index is 12.7. The molecule has 154 valence electrons. The number of aromatic nitrogens is 1.